The van der Waals surface area contributed by atoms with Gasteiger partial charge in [-0.15, -0.1) is 0 Å². The van der Waals surface area contributed by atoms with Crippen molar-refractivity contribution in [2.75, 3.05) is 19.6 Å². The average Bonchev–Trinajstić information content (AvgIpc) is 2.89. The summed E-state index contributed by atoms with van der Waals surface area (Å²) in [5, 5.41) is 5.64. The maximum atomic E-state index is 12.9. The van der Waals surface area contributed by atoms with Crippen LogP contribution in [0.15, 0.2) is 18.2 Å². The summed E-state index contributed by atoms with van der Waals surface area (Å²) in [5.74, 6) is -0.732. The molecule has 1 aromatic carbocycles. The van der Waals surface area contributed by atoms with Gasteiger partial charge in [-0.2, -0.15) is 0 Å². The summed E-state index contributed by atoms with van der Waals surface area (Å²) < 4.78 is 0. The summed E-state index contributed by atoms with van der Waals surface area (Å²) >= 11 is 0. The van der Waals surface area contributed by atoms with Gasteiger partial charge in [-0.3, -0.25) is 24.6 Å². The third kappa shape index (κ3) is 3.01. The van der Waals surface area contributed by atoms with E-state index in [-0.39, 0.29) is 24.1 Å². The highest BCUT2D eigenvalue weighted by molar-refractivity contribution is 6.05. The average molecular weight is 356 g/mol. The van der Waals surface area contributed by atoms with Crippen molar-refractivity contribution in [3.05, 3.63) is 34.9 Å². The second-order valence-electron chi connectivity index (χ2n) is 7.27. The molecule has 1 unspecified atom stereocenters. The summed E-state index contributed by atoms with van der Waals surface area (Å²) in [7, 11) is 0. The van der Waals surface area contributed by atoms with Gasteiger partial charge in [-0.05, 0) is 30.2 Å². The van der Waals surface area contributed by atoms with Crippen LogP contribution in [-0.2, 0) is 22.7 Å². The third-order valence-corrected chi connectivity index (χ3v) is 5.66. The first-order chi connectivity index (χ1) is 12.6. The van der Waals surface area contributed by atoms with E-state index < -0.39 is 6.04 Å². The number of piperidine rings is 1. The van der Waals surface area contributed by atoms with E-state index in [9.17, 15) is 14.4 Å². The van der Waals surface area contributed by atoms with Crippen LogP contribution in [0, 0.1) is 0 Å². The van der Waals surface area contributed by atoms with Crippen molar-refractivity contribution in [2.24, 2.45) is 0 Å². The van der Waals surface area contributed by atoms with Crippen LogP contribution in [0.2, 0.25) is 0 Å². The molecule has 0 bridgehead atoms. The number of hydrogen-bond acceptors (Lipinski definition) is 5. The molecule has 1 atom stereocenters. The molecule has 3 heterocycles. The van der Waals surface area contributed by atoms with E-state index >= 15 is 0 Å². The van der Waals surface area contributed by atoms with Gasteiger partial charge in [0.1, 0.15) is 6.04 Å². The highest BCUT2D eigenvalue weighted by atomic mass is 16.2. The number of likely N-dealkylation sites (N-methyl/N-ethyl adjacent to an activating group) is 1. The standard InChI is InChI=1S/C19H24N4O3/c1-2-22(14-8-20-9-14)10-12-3-4-13-11-23(19(26)15(13)7-12)16-5-6-17(24)21-18(16)25/h3-4,7,14,16,20H,2,5-6,8-11H2,1H3,(H,21,24,25). The van der Waals surface area contributed by atoms with Gasteiger partial charge in [-0.1, -0.05) is 19.1 Å². The second kappa shape index (κ2) is 6.81. The van der Waals surface area contributed by atoms with Crippen LogP contribution in [0.25, 0.3) is 0 Å². The van der Waals surface area contributed by atoms with Crippen molar-refractivity contribution in [1.82, 2.24) is 20.4 Å². The van der Waals surface area contributed by atoms with Crippen LogP contribution in [0.3, 0.4) is 0 Å². The lowest BCUT2D eigenvalue weighted by molar-refractivity contribution is -0.136. The maximum absolute atomic E-state index is 12.9. The topological polar surface area (TPSA) is 81.8 Å². The zero-order valence-corrected chi connectivity index (χ0v) is 15.0. The van der Waals surface area contributed by atoms with Gasteiger partial charge in [0.25, 0.3) is 5.91 Å². The number of hydrogen-bond donors (Lipinski definition) is 2. The molecule has 26 heavy (non-hydrogen) atoms. The molecule has 3 aliphatic heterocycles. The maximum Gasteiger partial charge on any atom is 0.255 e. The highest BCUT2D eigenvalue weighted by Crippen LogP contribution is 2.28. The number of rotatable bonds is 5. The molecule has 7 heteroatoms. The molecular weight excluding hydrogens is 332 g/mol. The Hall–Kier alpha value is -2.25. The number of carbonyl (C=O) groups is 3. The molecule has 0 radical (unpaired) electrons. The monoisotopic (exact) mass is 356 g/mol. The number of carbonyl (C=O) groups excluding carboxylic acids is 3. The predicted molar refractivity (Wildman–Crippen MR) is 95.2 cm³/mol. The minimum Gasteiger partial charge on any atom is -0.322 e. The van der Waals surface area contributed by atoms with Crippen molar-refractivity contribution in [1.29, 1.82) is 0 Å². The normalized spacial score (nSPS) is 23.2. The fourth-order valence-electron chi connectivity index (χ4n) is 3.97. The van der Waals surface area contributed by atoms with E-state index in [4.69, 9.17) is 0 Å². The summed E-state index contributed by atoms with van der Waals surface area (Å²) in [6.45, 7) is 6.41. The molecule has 1 aromatic rings. The summed E-state index contributed by atoms with van der Waals surface area (Å²) in [6, 6.07) is 6.06. The number of nitrogens with zero attached hydrogens (tertiary/aromatic N) is 2. The molecule has 0 spiro atoms. The largest absolute Gasteiger partial charge is 0.322 e. The van der Waals surface area contributed by atoms with Crippen LogP contribution >= 0.6 is 0 Å². The number of nitrogens with one attached hydrogen (secondary N) is 2. The van der Waals surface area contributed by atoms with E-state index in [1.54, 1.807) is 4.90 Å². The quantitative estimate of drug-likeness (QED) is 0.739. The summed E-state index contributed by atoms with van der Waals surface area (Å²) in [6.07, 6.45) is 0.679. The van der Waals surface area contributed by atoms with Crippen LogP contribution in [-0.4, -0.2) is 59.2 Å². The molecule has 2 N–H and O–H groups in total. The van der Waals surface area contributed by atoms with Crippen molar-refractivity contribution in [2.45, 2.75) is 44.9 Å². The molecule has 2 saturated heterocycles. The number of imide groups is 1. The summed E-state index contributed by atoms with van der Waals surface area (Å²) in [4.78, 5) is 40.3. The Morgan fingerprint density at radius 3 is 2.69 bits per heavy atom. The Balaban J connectivity index is 1.50. The second-order valence-corrected chi connectivity index (χ2v) is 7.27. The Morgan fingerprint density at radius 1 is 1.23 bits per heavy atom. The van der Waals surface area contributed by atoms with Gasteiger partial charge >= 0.3 is 0 Å². The van der Waals surface area contributed by atoms with Gasteiger partial charge in [0.15, 0.2) is 0 Å². The van der Waals surface area contributed by atoms with E-state index in [2.05, 4.69) is 28.5 Å². The van der Waals surface area contributed by atoms with E-state index in [1.807, 2.05) is 12.1 Å². The molecule has 4 rings (SSSR count). The van der Waals surface area contributed by atoms with Gasteiger partial charge in [0.2, 0.25) is 11.8 Å². The fourth-order valence-corrected chi connectivity index (χ4v) is 3.97. The van der Waals surface area contributed by atoms with Gasteiger partial charge in [0, 0.05) is 44.2 Å². The summed E-state index contributed by atoms with van der Waals surface area (Å²) in [5.41, 5.74) is 2.77. The van der Waals surface area contributed by atoms with Gasteiger partial charge < -0.3 is 10.2 Å². The number of amides is 3. The first kappa shape index (κ1) is 17.2. The van der Waals surface area contributed by atoms with Gasteiger partial charge in [-0.25, -0.2) is 0 Å². The molecule has 3 amide bonds. The first-order valence-corrected chi connectivity index (χ1v) is 9.28. The van der Waals surface area contributed by atoms with Gasteiger partial charge in [0.05, 0.1) is 0 Å². The van der Waals surface area contributed by atoms with Crippen molar-refractivity contribution in [3.63, 3.8) is 0 Å². The first-order valence-electron chi connectivity index (χ1n) is 9.28. The Morgan fingerprint density at radius 2 is 2.04 bits per heavy atom. The lowest BCUT2D eigenvalue weighted by Gasteiger charge is -2.37. The number of benzene rings is 1. The molecule has 2 fully saturated rings. The molecular formula is C19H24N4O3. The van der Waals surface area contributed by atoms with Crippen molar-refractivity contribution in [3.8, 4) is 0 Å². The van der Waals surface area contributed by atoms with Crippen LogP contribution < -0.4 is 10.6 Å². The molecule has 0 saturated carbocycles. The lowest BCUT2D eigenvalue weighted by Crippen LogP contribution is -2.56. The predicted octanol–water partition coefficient (Wildman–Crippen LogP) is 0.241. The van der Waals surface area contributed by atoms with E-state index in [1.165, 1.54) is 0 Å². The minimum absolute atomic E-state index is 0.107. The molecule has 0 aliphatic carbocycles. The van der Waals surface area contributed by atoms with E-state index in [0.717, 1.165) is 37.3 Å². The zero-order valence-electron chi connectivity index (χ0n) is 15.0. The fraction of sp³-hybridized carbons (Fsp3) is 0.526. The SMILES string of the molecule is CCN(Cc1ccc2c(c1)C(=O)N(C1CCC(=O)NC1=O)C2)C1CNC1. The van der Waals surface area contributed by atoms with Crippen molar-refractivity contribution < 1.29 is 14.4 Å². The Labute approximate surface area is 152 Å². The highest BCUT2D eigenvalue weighted by Gasteiger charge is 2.39. The molecule has 138 valence electrons. The van der Waals surface area contributed by atoms with Crippen LogP contribution in [0.1, 0.15) is 41.3 Å². The zero-order chi connectivity index (χ0) is 18.3. The molecule has 3 aliphatic rings. The number of fused-ring (bicyclic) bond motifs is 1. The van der Waals surface area contributed by atoms with Crippen molar-refractivity contribution >= 4 is 17.7 Å². The Bertz CT molecular complexity index is 759. The van der Waals surface area contributed by atoms with Crippen LogP contribution in [0.5, 0.6) is 0 Å². The lowest BCUT2D eigenvalue weighted by atomic mass is 10.0. The minimum atomic E-state index is -0.552. The van der Waals surface area contributed by atoms with E-state index in [0.29, 0.717) is 24.6 Å². The smallest absolute Gasteiger partial charge is 0.255 e. The molecule has 0 aromatic heterocycles. The third-order valence-electron chi connectivity index (χ3n) is 5.66. The Kier molecular flexibility index (Phi) is 4.50. The molecule has 7 nitrogen and oxygen atoms in total. The van der Waals surface area contributed by atoms with Crippen LogP contribution in [0.4, 0.5) is 0 Å².